The van der Waals surface area contributed by atoms with E-state index in [0.717, 1.165) is 43.4 Å². The van der Waals surface area contributed by atoms with Crippen LogP contribution in [0.1, 0.15) is 49.8 Å². The van der Waals surface area contributed by atoms with Crippen molar-refractivity contribution in [2.24, 2.45) is 11.7 Å². The number of nitrogens with zero attached hydrogens (tertiary/aromatic N) is 2. The third-order valence-electron chi connectivity index (χ3n) is 5.08. The summed E-state index contributed by atoms with van der Waals surface area (Å²) in [5.74, 6) is 0.193. The first-order valence-corrected chi connectivity index (χ1v) is 9.30. The van der Waals surface area contributed by atoms with E-state index in [1.165, 1.54) is 0 Å². The number of rotatable bonds is 6. The van der Waals surface area contributed by atoms with Gasteiger partial charge in [0.05, 0.1) is 0 Å². The zero-order valence-corrected chi connectivity index (χ0v) is 16.9. The van der Waals surface area contributed by atoms with Crippen molar-refractivity contribution in [3.8, 4) is 0 Å². The van der Waals surface area contributed by atoms with Crippen LogP contribution < -0.4 is 5.73 Å². The molecule has 1 aliphatic rings. The molecule has 1 aromatic carbocycles. The Hall–Kier alpha value is -1.59. The fourth-order valence-electron chi connectivity index (χ4n) is 3.28. The number of unbranched alkanes of at least 4 members (excludes halogenated alkanes) is 1. The lowest BCUT2D eigenvalue weighted by molar-refractivity contribution is -0.140. The van der Waals surface area contributed by atoms with Crippen molar-refractivity contribution in [3.05, 3.63) is 35.4 Å². The lowest BCUT2D eigenvalue weighted by atomic mass is 9.94. The lowest BCUT2D eigenvalue weighted by Gasteiger charge is -2.34. The van der Waals surface area contributed by atoms with Gasteiger partial charge in [-0.2, -0.15) is 0 Å². The molecular weight excluding hydrogens is 350 g/mol. The fraction of sp³-hybridized carbons (Fsp3) is 0.600. The first-order chi connectivity index (χ1) is 11.9. The van der Waals surface area contributed by atoms with Crippen molar-refractivity contribution >= 4 is 24.2 Å². The van der Waals surface area contributed by atoms with E-state index in [1.54, 1.807) is 4.90 Å². The number of carbonyl (C=O) groups excluding carboxylic acids is 2. The van der Waals surface area contributed by atoms with Crippen LogP contribution in [0.25, 0.3) is 0 Å². The third-order valence-corrected chi connectivity index (χ3v) is 5.08. The van der Waals surface area contributed by atoms with Crippen molar-refractivity contribution in [1.82, 2.24) is 9.80 Å². The van der Waals surface area contributed by atoms with Crippen LogP contribution in [0.15, 0.2) is 24.3 Å². The summed E-state index contributed by atoms with van der Waals surface area (Å²) in [6.45, 7) is 6.16. The Kier molecular flexibility index (Phi) is 9.09. The van der Waals surface area contributed by atoms with Gasteiger partial charge in [-0.1, -0.05) is 43.2 Å². The topological polar surface area (TPSA) is 66.6 Å². The van der Waals surface area contributed by atoms with Gasteiger partial charge in [-0.05, 0) is 31.7 Å². The minimum atomic E-state index is -0.625. The second kappa shape index (κ2) is 10.5. The lowest BCUT2D eigenvalue weighted by Crippen LogP contribution is -2.46. The van der Waals surface area contributed by atoms with Gasteiger partial charge >= 0.3 is 0 Å². The Morgan fingerprint density at radius 3 is 2.35 bits per heavy atom. The molecule has 6 heteroatoms. The van der Waals surface area contributed by atoms with Crippen LogP contribution in [0.4, 0.5) is 0 Å². The van der Waals surface area contributed by atoms with Crippen LogP contribution in [-0.4, -0.2) is 48.3 Å². The van der Waals surface area contributed by atoms with E-state index in [0.29, 0.717) is 13.1 Å². The second-order valence-corrected chi connectivity index (χ2v) is 7.10. The summed E-state index contributed by atoms with van der Waals surface area (Å²) >= 11 is 0. The summed E-state index contributed by atoms with van der Waals surface area (Å²) in [6.07, 6.45) is 3.57. The van der Waals surface area contributed by atoms with E-state index < -0.39 is 6.04 Å². The van der Waals surface area contributed by atoms with Crippen LogP contribution in [0, 0.1) is 12.8 Å². The summed E-state index contributed by atoms with van der Waals surface area (Å²) in [7, 11) is 1.88. The van der Waals surface area contributed by atoms with E-state index in [4.69, 9.17) is 5.73 Å². The molecule has 1 atom stereocenters. The monoisotopic (exact) mass is 381 g/mol. The van der Waals surface area contributed by atoms with Gasteiger partial charge in [-0.15, -0.1) is 12.4 Å². The van der Waals surface area contributed by atoms with Crippen molar-refractivity contribution in [3.63, 3.8) is 0 Å². The molecular formula is C20H32ClN3O2. The maximum Gasteiger partial charge on any atom is 0.244 e. The van der Waals surface area contributed by atoms with Gasteiger partial charge in [0.25, 0.3) is 0 Å². The molecule has 0 aliphatic carbocycles. The van der Waals surface area contributed by atoms with Gasteiger partial charge in [0.1, 0.15) is 6.04 Å². The quantitative estimate of drug-likeness (QED) is 0.823. The van der Waals surface area contributed by atoms with Gasteiger partial charge in [0, 0.05) is 32.6 Å². The van der Waals surface area contributed by atoms with Crippen molar-refractivity contribution < 1.29 is 9.59 Å². The zero-order chi connectivity index (χ0) is 18.4. The molecule has 1 unspecified atom stereocenters. The van der Waals surface area contributed by atoms with Gasteiger partial charge < -0.3 is 15.5 Å². The molecule has 146 valence electrons. The van der Waals surface area contributed by atoms with E-state index >= 15 is 0 Å². The van der Waals surface area contributed by atoms with Crippen molar-refractivity contribution in [2.45, 2.75) is 45.6 Å². The Bertz CT molecular complexity index is 583. The molecule has 1 saturated heterocycles. The minimum absolute atomic E-state index is 0. The largest absolute Gasteiger partial charge is 0.346 e. The maximum absolute atomic E-state index is 12.6. The first kappa shape index (κ1) is 22.5. The van der Waals surface area contributed by atoms with Crippen LogP contribution in [0.3, 0.4) is 0 Å². The molecule has 1 aromatic rings. The van der Waals surface area contributed by atoms with E-state index in [-0.39, 0.29) is 30.1 Å². The number of likely N-dealkylation sites (tertiary alicyclic amines) is 1. The molecule has 0 saturated carbocycles. The van der Waals surface area contributed by atoms with E-state index in [1.807, 2.05) is 43.1 Å². The highest BCUT2D eigenvalue weighted by Gasteiger charge is 2.31. The summed E-state index contributed by atoms with van der Waals surface area (Å²) < 4.78 is 0. The number of aryl methyl sites for hydroxylation is 1. The maximum atomic E-state index is 12.6. The molecule has 0 radical (unpaired) electrons. The van der Waals surface area contributed by atoms with Crippen LogP contribution >= 0.6 is 12.4 Å². The Morgan fingerprint density at radius 1 is 1.23 bits per heavy atom. The molecule has 5 nitrogen and oxygen atoms in total. The number of hydrogen-bond acceptors (Lipinski definition) is 3. The highest BCUT2D eigenvalue weighted by Crippen LogP contribution is 2.22. The standard InChI is InChI=1S/C20H31N3O2.ClH/c1-4-5-12-22(3)19(24)17-10-13-23(14-11-17)20(25)18(21)16-8-6-15(2)7-9-16;/h6-9,17-18H,4-5,10-14,21H2,1-3H3;1H. The number of benzene rings is 1. The average molecular weight is 382 g/mol. The van der Waals surface area contributed by atoms with Gasteiger partial charge in [-0.3, -0.25) is 9.59 Å². The van der Waals surface area contributed by atoms with Gasteiger partial charge in [0.15, 0.2) is 0 Å². The second-order valence-electron chi connectivity index (χ2n) is 7.10. The molecule has 2 N–H and O–H groups in total. The van der Waals surface area contributed by atoms with Gasteiger partial charge in [-0.25, -0.2) is 0 Å². The average Bonchev–Trinajstić information content (AvgIpc) is 2.65. The first-order valence-electron chi connectivity index (χ1n) is 9.30. The molecule has 2 amide bonds. The number of nitrogens with two attached hydrogens (primary N) is 1. The third kappa shape index (κ3) is 5.71. The summed E-state index contributed by atoms with van der Waals surface area (Å²) in [5.41, 5.74) is 8.14. The summed E-state index contributed by atoms with van der Waals surface area (Å²) in [6, 6.07) is 7.15. The smallest absolute Gasteiger partial charge is 0.244 e. The van der Waals surface area contributed by atoms with Crippen molar-refractivity contribution in [2.75, 3.05) is 26.7 Å². The van der Waals surface area contributed by atoms with Gasteiger partial charge in [0.2, 0.25) is 11.8 Å². The van der Waals surface area contributed by atoms with Crippen molar-refractivity contribution in [1.29, 1.82) is 0 Å². The minimum Gasteiger partial charge on any atom is -0.346 e. The molecule has 0 bridgehead atoms. The summed E-state index contributed by atoms with van der Waals surface area (Å²) in [4.78, 5) is 28.7. The molecule has 26 heavy (non-hydrogen) atoms. The highest BCUT2D eigenvalue weighted by atomic mass is 35.5. The zero-order valence-electron chi connectivity index (χ0n) is 16.1. The Balaban J connectivity index is 0.00000338. The molecule has 2 rings (SSSR count). The Morgan fingerprint density at radius 2 is 1.81 bits per heavy atom. The predicted octanol–water partition coefficient (Wildman–Crippen LogP) is 2.91. The number of halogens is 1. The van der Waals surface area contributed by atoms with E-state index in [9.17, 15) is 9.59 Å². The SMILES string of the molecule is CCCCN(C)C(=O)C1CCN(C(=O)C(N)c2ccc(C)cc2)CC1.Cl. The number of piperidine rings is 1. The van der Waals surface area contributed by atoms with Crippen LogP contribution in [0.2, 0.25) is 0 Å². The van der Waals surface area contributed by atoms with E-state index in [2.05, 4.69) is 6.92 Å². The number of carbonyl (C=O) groups is 2. The molecule has 1 heterocycles. The number of hydrogen-bond donors (Lipinski definition) is 1. The Labute approximate surface area is 163 Å². The molecule has 0 aromatic heterocycles. The van der Waals surface area contributed by atoms with Crippen LogP contribution in [0.5, 0.6) is 0 Å². The molecule has 0 spiro atoms. The predicted molar refractivity (Wildman–Crippen MR) is 107 cm³/mol. The molecule has 1 aliphatic heterocycles. The molecule has 1 fully saturated rings. The summed E-state index contributed by atoms with van der Waals surface area (Å²) in [5, 5.41) is 0. The fourth-order valence-corrected chi connectivity index (χ4v) is 3.28. The normalized spacial score (nSPS) is 15.9. The van der Waals surface area contributed by atoms with Crippen LogP contribution in [-0.2, 0) is 9.59 Å². The highest BCUT2D eigenvalue weighted by molar-refractivity contribution is 5.85. The number of amides is 2.